The Labute approximate surface area is 132 Å². The van der Waals surface area contributed by atoms with Crippen LogP contribution >= 0.6 is 0 Å². The van der Waals surface area contributed by atoms with E-state index < -0.39 is 18.3 Å². The molecule has 1 fully saturated rings. The van der Waals surface area contributed by atoms with Crippen LogP contribution in [0.15, 0.2) is 18.5 Å². The minimum absolute atomic E-state index is 0.270. The molecule has 2 heterocycles. The van der Waals surface area contributed by atoms with Gasteiger partial charge in [-0.15, -0.1) is 0 Å². The standard InChI is InChI=1S/C15H19F3N2O3/c1-20(14(22)15(16,17)18)13(21)12-2-5-19-9-11(12)8-10-3-6-23-7-4-10/h2,5,9-10,13,21H,3-4,6-8H2,1H3. The fourth-order valence-electron chi connectivity index (χ4n) is 2.64. The quantitative estimate of drug-likeness (QED) is 0.858. The van der Waals surface area contributed by atoms with Gasteiger partial charge in [0, 0.05) is 38.2 Å². The van der Waals surface area contributed by atoms with Crippen LogP contribution in [-0.2, 0) is 16.0 Å². The molecule has 23 heavy (non-hydrogen) atoms. The van der Waals surface area contributed by atoms with Crippen molar-refractivity contribution in [3.63, 3.8) is 0 Å². The van der Waals surface area contributed by atoms with Crippen molar-refractivity contribution in [2.75, 3.05) is 20.3 Å². The molecule has 0 saturated carbocycles. The van der Waals surface area contributed by atoms with E-state index in [0.717, 1.165) is 19.9 Å². The number of pyridine rings is 1. The molecule has 1 N–H and O–H groups in total. The zero-order valence-corrected chi connectivity index (χ0v) is 12.7. The monoisotopic (exact) mass is 332 g/mol. The minimum atomic E-state index is -5.02. The van der Waals surface area contributed by atoms with Crippen molar-refractivity contribution in [2.45, 2.75) is 31.7 Å². The number of hydrogen-bond donors (Lipinski definition) is 1. The van der Waals surface area contributed by atoms with Gasteiger partial charge in [0.2, 0.25) is 0 Å². The molecule has 1 aliphatic rings. The highest BCUT2D eigenvalue weighted by atomic mass is 19.4. The minimum Gasteiger partial charge on any atom is -0.381 e. The molecule has 1 amide bonds. The lowest BCUT2D eigenvalue weighted by Crippen LogP contribution is -2.41. The second-order valence-electron chi connectivity index (χ2n) is 5.62. The highest BCUT2D eigenvalue weighted by Crippen LogP contribution is 2.28. The van der Waals surface area contributed by atoms with Crippen LogP contribution in [0.4, 0.5) is 13.2 Å². The molecule has 1 aromatic rings. The van der Waals surface area contributed by atoms with Gasteiger partial charge < -0.3 is 14.7 Å². The third-order valence-electron chi connectivity index (χ3n) is 4.00. The van der Waals surface area contributed by atoms with Gasteiger partial charge in [-0.2, -0.15) is 13.2 Å². The number of ether oxygens (including phenoxy) is 1. The Bertz CT molecular complexity index is 545. The summed E-state index contributed by atoms with van der Waals surface area (Å²) < 4.78 is 42.8. The second kappa shape index (κ2) is 7.27. The molecule has 8 heteroatoms. The van der Waals surface area contributed by atoms with Crippen molar-refractivity contribution in [1.82, 2.24) is 9.88 Å². The zero-order chi connectivity index (χ0) is 17.0. The first-order valence-electron chi connectivity index (χ1n) is 7.33. The SMILES string of the molecule is CN(C(=O)C(F)(F)F)C(O)c1ccncc1CC1CCOCC1. The summed E-state index contributed by atoms with van der Waals surface area (Å²) in [6.45, 7) is 1.30. The van der Waals surface area contributed by atoms with Crippen LogP contribution < -0.4 is 0 Å². The molecular weight excluding hydrogens is 313 g/mol. The Morgan fingerprint density at radius 3 is 2.74 bits per heavy atom. The van der Waals surface area contributed by atoms with Gasteiger partial charge in [0.15, 0.2) is 6.23 Å². The number of carbonyl (C=O) groups is 1. The molecule has 0 radical (unpaired) electrons. The van der Waals surface area contributed by atoms with Crippen LogP contribution in [0.25, 0.3) is 0 Å². The van der Waals surface area contributed by atoms with Gasteiger partial charge in [-0.3, -0.25) is 9.78 Å². The molecule has 5 nitrogen and oxygen atoms in total. The molecule has 1 unspecified atom stereocenters. The van der Waals surface area contributed by atoms with E-state index in [-0.39, 0.29) is 5.56 Å². The Balaban J connectivity index is 2.16. The van der Waals surface area contributed by atoms with Crippen LogP contribution in [-0.4, -0.2) is 47.3 Å². The number of hydrogen-bond acceptors (Lipinski definition) is 4. The number of halogens is 3. The third kappa shape index (κ3) is 4.42. The maximum Gasteiger partial charge on any atom is 0.471 e. The molecule has 1 saturated heterocycles. The van der Waals surface area contributed by atoms with Crippen molar-refractivity contribution >= 4 is 5.91 Å². The fourth-order valence-corrected chi connectivity index (χ4v) is 2.64. The lowest BCUT2D eigenvalue weighted by molar-refractivity contribution is -0.192. The highest BCUT2D eigenvalue weighted by Gasteiger charge is 2.43. The largest absolute Gasteiger partial charge is 0.471 e. The van der Waals surface area contributed by atoms with Gasteiger partial charge in [0.05, 0.1) is 0 Å². The molecule has 1 aliphatic heterocycles. The number of amides is 1. The molecule has 128 valence electrons. The van der Waals surface area contributed by atoms with Gasteiger partial charge in [-0.1, -0.05) is 0 Å². The van der Waals surface area contributed by atoms with Crippen LogP contribution in [0.2, 0.25) is 0 Å². The smallest absolute Gasteiger partial charge is 0.381 e. The van der Waals surface area contributed by atoms with E-state index >= 15 is 0 Å². The van der Waals surface area contributed by atoms with Crippen LogP contribution in [0, 0.1) is 5.92 Å². The van der Waals surface area contributed by atoms with Crippen molar-refractivity contribution in [2.24, 2.45) is 5.92 Å². The average Bonchev–Trinajstić information content (AvgIpc) is 2.53. The number of carbonyl (C=O) groups excluding carboxylic acids is 1. The Kier molecular flexibility index (Phi) is 5.59. The van der Waals surface area contributed by atoms with Crippen LogP contribution in [0.1, 0.15) is 30.2 Å². The zero-order valence-electron chi connectivity index (χ0n) is 12.7. The lowest BCUT2D eigenvalue weighted by atomic mass is 9.90. The second-order valence-corrected chi connectivity index (χ2v) is 5.62. The van der Waals surface area contributed by atoms with E-state index in [1.807, 2.05) is 0 Å². The van der Waals surface area contributed by atoms with Crippen molar-refractivity contribution in [1.29, 1.82) is 0 Å². The average molecular weight is 332 g/mol. The van der Waals surface area contributed by atoms with Gasteiger partial charge in [-0.25, -0.2) is 0 Å². The fraction of sp³-hybridized carbons (Fsp3) is 0.600. The summed E-state index contributed by atoms with van der Waals surface area (Å²) >= 11 is 0. The van der Waals surface area contributed by atoms with E-state index in [4.69, 9.17) is 4.74 Å². The molecule has 1 atom stereocenters. The number of alkyl halides is 3. The maximum atomic E-state index is 12.5. The van der Waals surface area contributed by atoms with E-state index in [1.54, 1.807) is 0 Å². The van der Waals surface area contributed by atoms with Gasteiger partial charge in [0.1, 0.15) is 0 Å². The molecule has 2 rings (SSSR count). The first-order chi connectivity index (χ1) is 10.8. The summed E-state index contributed by atoms with van der Waals surface area (Å²) in [5.74, 6) is -1.76. The van der Waals surface area contributed by atoms with Gasteiger partial charge >= 0.3 is 12.1 Å². The molecule has 0 aromatic carbocycles. The van der Waals surface area contributed by atoms with E-state index in [1.165, 1.54) is 18.5 Å². The number of aliphatic hydroxyl groups excluding tert-OH is 1. The summed E-state index contributed by atoms with van der Waals surface area (Å²) in [4.78, 5) is 15.6. The highest BCUT2D eigenvalue weighted by molar-refractivity contribution is 5.81. The first kappa shape index (κ1) is 17.7. The molecule has 0 bridgehead atoms. The summed E-state index contributed by atoms with van der Waals surface area (Å²) in [5.41, 5.74) is 0.917. The number of aromatic nitrogens is 1. The lowest BCUT2D eigenvalue weighted by Gasteiger charge is -2.28. The van der Waals surface area contributed by atoms with Gasteiger partial charge in [-0.05, 0) is 36.8 Å². The maximum absolute atomic E-state index is 12.5. The summed E-state index contributed by atoms with van der Waals surface area (Å²) in [6, 6.07) is 1.44. The predicted octanol–water partition coefficient (Wildman–Crippen LogP) is 2.06. The van der Waals surface area contributed by atoms with E-state index in [2.05, 4.69) is 4.98 Å². The van der Waals surface area contributed by atoms with Crippen LogP contribution in [0.3, 0.4) is 0 Å². The first-order valence-corrected chi connectivity index (χ1v) is 7.33. The number of rotatable bonds is 4. The van der Waals surface area contributed by atoms with Crippen LogP contribution in [0.5, 0.6) is 0 Å². The molecule has 0 spiro atoms. The summed E-state index contributed by atoms with van der Waals surface area (Å²) in [6.07, 6.45) is -1.50. The van der Waals surface area contributed by atoms with Gasteiger partial charge in [0.25, 0.3) is 0 Å². The summed E-state index contributed by atoms with van der Waals surface area (Å²) in [5, 5.41) is 10.2. The number of nitrogens with zero attached hydrogens (tertiary/aromatic N) is 2. The topological polar surface area (TPSA) is 62.7 Å². The molecule has 0 aliphatic carbocycles. The van der Waals surface area contributed by atoms with E-state index in [9.17, 15) is 23.1 Å². The Morgan fingerprint density at radius 2 is 2.13 bits per heavy atom. The van der Waals surface area contributed by atoms with Crippen molar-refractivity contribution in [3.8, 4) is 0 Å². The Hall–Kier alpha value is -1.67. The third-order valence-corrected chi connectivity index (χ3v) is 4.00. The normalized spacial score (nSPS) is 17.8. The number of aliphatic hydroxyl groups is 1. The predicted molar refractivity (Wildman–Crippen MR) is 75.3 cm³/mol. The molecule has 1 aromatic heterocycles. The van der Waals surface area contributed by atoms with E-state index in [0.29, 0.717) is 36.0 Å². The molecular formula is C15H19F3N2O3. The van der Waals surface area contributed by atoms with Crippen molar-refractivity contribution in [3.05, 3.63) is 29.6 Å². The van der Waals surface area contributed by atoms with Crippen molar-refractivity contribution < 1.29 is 27.8 Å². The summed E-state index contributed by atoms with van der Waals surface area (Å²) in [7, 11) is 0.930. The Morgan fingerprint density at radius 1 is 1.48 bits per heavy atom.